The summed E-state index contributed by atoms with van der Waals surface area (Å²) in [4.78, 5) is 30.2. The maximum Gasteiger partial charge on any atom is 3.00 e. The molecule has 8 aromatic carbocycles. The van der Waals surface area contributed by atoms with Crippen molar-refractivity contribution in [3.63, 3.8) is 0 Å². The Bertz CT molecular complexity index is 2870. The minimum Gasteiger partial charge on any atom is -0.872 e. The first-order chi connectivity index (χ1) is 32.4. The van der Waals surface area contributed by atoms with E-state index >= 15 is 0 Å². The van der Waals surface area contributed by atoms with Crippen LogP contribution in [0.5, 0.6) is 17.2 Å². The zero-order valence-electron chi connectivity index (χ0n) is 37.3. The molecule has 0 aliphatic carbocycles. The van der Waals surface area contributed by atoms with E-state index in [9.17, 15) is 24.9 Å². The summed E-state index contributed by atoms with van der Waals surface area (Å²) in [6.45, 7) is 3.69. The molecule has 0 atom stereocenters. The van der Waals surface area contributed by atoms with Gasteiger partial charge in [-0.15, -0.1) is 17.2 Å². The van der Waals surface area contributed by atoms with Gasteiger partial charge in [-0.05, 0) is 71.5 Å². The van der Waals surface area contributed by atoms with Gasteiger partial charge in [-0.25, -0.2) is 9.59 Å². The average molecular weight is 909 g/mol. The molecule has 0 spiro atoms. The summed E-state index contributed by atoms with van der Waals surface area (Å²) in [5.74, 6) is -1.71. The molecule has 2 aromatic heterocycles. The van der Waals surface area contributed by atoms with E-state index in [2.05, 4.69) is 9.97 Å². The second-order valence-corrected chi connectivity index (χ2v) is 14.9. The third-order valence-electron chi connectivity index (χ3n) is 10.1. The first-order valence-electron chi connectivity index (χ1n) is 21.1. The van der Waals surface area contributed by atoms with Crippen molar-refractivity contribution >= 4 is 51.1 Å². The summed E-state index contributed by atoms with van der Waals surface area (Å²) in [6, 6.07) is 68.4. The van der Waals surface area contributed by atoms with Gasteiger partial charge in [-0.3, -0.25) is 9.97 Å². The van der Waals surface area contributed by atoms with E-state index in [0.29, 0.717) is 11.0 Å². The summed E-state index contributed by atoms with van der Waals surface area (Å²) in [5.41, 5.74) is 9.95. The zero-order valence-corrected chi connectivity index (χ0v) is 38.4. The van der Waals surface area contributed by atoms with Gasteiger partial charge < -0.3 is 25.5 Å². The van der Waals surface area contributed by atoms with Crippen LogP contribution in [0.15, 0.2) is 224 Å². The van der Waals surface area contributed by atoms with Crippen molar-refractivity contribution in [2.24, 2.45) is 0 Å². The Morgan fingerprint density at radius 1 is 0.338 bits per heavy atom. The van der Waals surface area contributed by atoms with Crippen molar-refractivity contribution in [1.82, 2.24) is 9.97 Å². The number of pyridine rings is 2. The van der Waals surface area contributed by atoms with E-state index in [4.69, 9.17) is 10.2 Å². The Balaban J connectivity index is 0.000000158. The molecule has 10 aromatic rings. The molecule has 0 unspecified atom stereocenters. The average Bonchev–Trinajstić information content (AvgIpc) is 3.36. The molecule has 2 heterocycles. The Labute approximate surface area is 405 Å². The molecule has 10 heteroatoms. The minimum absolute atomic E-state index is 0. The van der Waals surface area contributed by atoms with Crippen molar-refractivity contribution in [3.05, 3.63) is 247 Å². The minimum atomic E-state index is -0.936. The van der Waals surface area contributed by atoms with Gasteiger partial charge in [-0.2, -0.15) is 0 Å². The molecule has 0 radical (unpaired) electrons. The number of nitrogens with zero attached hydrogens (tertiary/aromatic N) is 2. The summed E-state index contributed by atoms with van der Waals surface area (Å²) in [6.07, 6.45) is 0. The van der Waals surface area contributed by atoms with E-state index in [1.54, 1.807) is 60.7 Å². The number of hydrogen-bond acceptors (Lipinski definition) is 7. The Hall–Kier alpha value is -8.55. The van der Waals surface area contributed by atoms with Crippen LogP contribution in [0, 0.1) is 13.8 Å². The molecule has 68 heavy (non-hydrogen) atoms. The summed E-state index contributed by atoms with van der Waals surface area (Å²) in [7, 11) is 0. The van der Waals surface area contributed by atoms with Crippen molar-refractivity contribution < 1.29 is 35.1 Å². The number of benzene rings is 8. The molecule has 10 rings (SSSR count). The number of aryl methyl sites for hydroxylation is 2. The van der Waals surface area contributed by atoms with Crippen LogP contribution in [-0.4, -0.2) is 49.5 Å². The maximum atomic E-state index is 10.9. The van der Waals surface area contributed by atoms with E-state index in [1.165, 1.54) is 0 Å². The van der Waals surface area contributed by atoms with Crippen LogP contribution in [-0.2, 0) is 0 Å². The van der Waals surface area contributed by atoms with Gasteiger partial charge in [0.1, 0.15) is 0 Å². The van der Waals surface area contributed by atoms with Gasteiger partial charge in [0.2, 0.25) is 0 Å². The third-order valence-corrected chi connectivity index (χ3v) is 10.1. The van der Waals surface area contributed by atoms with Crippen molar-refractivity contribution in [3.8, 4) is 50.6 Å². The number of aromatic carboxylic acids is 2. The molecule has 0 amide bonds. The van der Waals surface area contributed by atoms with E-state index < -0.39 is 11.9 Å². The van der Waals surface area contributed by atoms with Crippen LogP contribution in [0.25, 0.3) is 55.2 Å². The predicted octanol–water partition coefficient (Wildman–Crippen LogP) is 11.4. The van der Waals surface area contributed by atoms with Crippen molar-refractivity contribution in [2.75, 3.05) is 0 Å². The number of carbonyl (C=O) groups is 2. The molecule has 0 saturated carbocycles. The van der Waals surface area contributed by atoms with Gasteiger partial charge in [0.05, 0.1) is 22.2 Å². The molecule has 0 aliphatic heterocycles. The van der Waals surface area contributed by atoms with E-state index in [0.717, 1.165) is 55.5 Å². The summed E-state index contributed by atoms with van der Waals surface area (Å²) < 4.78 is 0. The number of carboxylic acid groups (broad SMARTS) is 2. The first kappa shape index (κ1) is 50.5. The zero-order chi connectivity index (χ0) is 47.5. The largest absolute Gasteiger partial charge is 3.00 e. The SMILES string of the molecule is Cc1ccc2cccc(C(=O)O)c2n1.Cc1ccc2cccc(C(=O)O)c2n1.[Al+3].[O-]c1ccc(-c2ccccc2)cc1.[O-]c1ccc(-c2ccccc2)cc1.[O-]c1ccc(-c2ccccc2)cc1. The Morgan fingerprint density at radius 3 is 0.868 bits per heavy atom. The van der Waals surface area contributed by atoms with Crippen LogP contribution in [0.4, 0.5) is 0 Å². The van der Waals surface area contributed by atoms with Gasteiger partial charge in [0, 0.05) is 22.2 Å². The van der Waals surface area contributed by atoms with Crippen LogP contribution >= 0.6 is 0 Å². The second kappa shape index (κ2) is 25.2. The third kappa shape index (κ3) is 14.7. The second-order valence-electron chi connectivity index (χ2n) is 14.9. The smallest absolute Gasteiger partial charge is 0.872 e. The fourth-order valence-electron chi connectivity index (χ4n) is 6.67. The maximum absolute atomic E-state index is 10.9. The number of aromatic nitrogens is 2. The van der Waals surface area contributed by atoms with Crippen LogP contribution in [0.1, 0.15) is 32.1 Å². The fourth-order valence-corrected chi connectivity index (χ4v) is 6.67. The number of para-hydroxylation sites is 2. The molecular formula is C58H45AlN2O7. The van der Waals surface area contributed by atoms with Crippen molar-refractivity contribution in [2.45, 2.75) is 13.8 Å². The van der Waals surface area contributed by atoms with E-state index in [1.807, 2.05) is 178 Å². The number of hydrogen-bond donors (Lipinski definition) is 2. The monoisotopic (exact) mass is 908 g/mol. The molecule has 0 saturated heterocycles. The van der Waals surface area contributed by atoms with E-state index in [-0.39, 0.29) is 45.7 Å². The first-order valence-corrected chi connectivity index (χ1v) is 21.1. The molecule has 0 aliphatic rings. The van der Waals surface area contributed by atoms with Crippen LogP contribution in [0.3, 0.4) is 0 Å². The van der Waals surface area contributed by atoms with Gasteiger partial charge >= 0.3 is 29.3 Å². The molecule has 2 N–H and O–H groups in total. The Morgan fingerprint density at radius 2 is 0.603 bits per heavy atom. The number of carboxylic acids is 2. The predicted molar refractivity (Wildman–Crippen MR) is 267 cm³/mol. The fraction of sp³-hybridized carbons (Fsp3) is 0.0345. The summed E-state index contributed by atoms with van der Waals surface area (Å²) in [5, 5.41) is 52.1. The molecule has 9 nitrogen and oxygen atoms in total. The van der Waals surface area contributed by atoms with Gasteiger partial charge in [0.25, 0.3) is 0 Å². The van der Waals surface area contributed by atoms with Crippen LogP contribution < -0.4 is 15.3 Å². The molecule has 332 valence electrons. The molecule has 0 fully saturated rings. The van der Waals surface area contributed by atoms with Gasteiger partial charge in [-0.1, -0.05) is 200 Å². The van der Waals surface area contributed by atoms with Gasteiger partial charge in [0.15, 0.2) is 0 Å². The van der Waals surface area contributed by atoms with Crippen LogP contribution in [0.2, 0.25) is 0 Å². The number of rotatable bonds is 5. The quantitative estimate of drug-likeness (QED) is 0.160. The molecular weight excluding hydrogens is 864 g/mol. The normalized spacial score (nSPS) is 9.91. The Kier molecular flexibility index (Phi) is 18.7. The summed E-state index contributed by atoms with van der Waals surface area (Å²) >= 11 is 0. The number of fused-ring (bicyclic) bond motifs is 2. The van der Waals surface area contributed by atoms with Crippen molar-refractivity contribution in [1.29, 1.82) is 0 Å². The standard InChI is InChI=1S/3C12H10O.2C11H9NO2.Al/c3*13-12-8-6-11(7-9-12)10-4-2-1-3-5-10;2*1-7-5-6-8-3-2-4-9(11(13)14)10(8)12-7;/h3*1-9,13H;2*2-6H,1H3,(H,13,14);/q;;;;;+3/p-3. The topological polar surface area (TPSA) is 170 Å². The molecule has 0 bridgehead atoms.